The number of hydrogen-bond donors (Lipinski definition) is 2. The van der Waals surface area contributed by atoms with Gasteiger partial charge in [0, 0.05) is 19.0 Å². The van der Waals surface area contributed by atoms with Gasteiger partial charge in [-0.15, -0.1) is 11.3 Å². The predicted molar refractivity (Wildman–Crippen MR) is 65.9 cm³/mol. The summed E-state index contributed by atoms with van der Waals surface area (Å²) in [7, 11) is 3.71. The molecule has 0 atom stereocenters. The molecule has 2 heterocycles. The summed E-state index contributed by atoms with van der Waals surface area (Å²) >= 11 is 1.73. The Kier molecular flexibility index (Phi) is 2.73. The van der Waals surface area contributed by atoms with E-state index in [4.69, 9.17) is 0 Å². The minimum atomic E-state index is 0.663. The third-order valence-electron chi connectivity index (χ3n) is 2.25. The number of nitrogens with one attached hydrogen (secondary N) is 2. The fraction of sp³-hybridized carbons (Fsp3) is 0.400. The molecule has 0 aliphatic rings. The maximum Gasteiger partial charge on any atom is 0.225 e. The first-order valence-electron chi connectivity index (χ1n) is 4.94. The third-order valence-corrected chi connectivity index (χ3v) is 3.43. The Bertz CT molecular complexity index is 477. The molecule has 0 aromatic carbocycles. The summed E-state index contributed by atoms with van der Waals surface area (Å²) in [4.78, 5) is 11.2. The molecule has 2 aromatic rings. The van der Waals surface area contributed by atoms with Crippen molar-refractivity contribution in [2.45, 2.75) is 13.3 Å². The highest BCUT2D eigenvalue weighted by Gasteiger charge is 2.09. The average molecular weight is 222 g/mol. The zero-order valence-corrected chi connectivity index (χ0v) is 9.90. The van der Waals surface area contributed by atoms with Gasteiger partial charge in [0.05, 0.1) is 5.39 Å². The van der Waals surface area contributed by atoms with Gasteiger partial charge in [-0.05, 0) is 12.5 Å². The summed E-state index contributed by atoms with van der Waals surface area (Å²) in [5.74, 6) is 1.55. The van der Waals surface area contributed by atoms with Gasteiger partial charge in [-0.1, -0.05) is 6.92 Å². The van der Waals surface area contributed by atoms with Crippen molar-refractivity contribution in [3.8, 4) is 0 Å². The number of aryl methyl sites for hydroxylation is 1. The molecule has 15 heavy (non-hydrogen) atoms. The second-order valence-corrected chi connectivity index (χ2v) is 4.30. The monoisotopic (exact) mass is 222 g/mol. The summed E-state index contributed by atoms with van der Waals surface area (Å²) in [5.41, 5.74) is 0. The molecule has 5 heteroatoms. The third kappa shape index (κ3) is 1.74. The van der Waals surface area contributed by atoms with E-state index in [9.17, 15) is 0 Å². The molecular formula is C10H14N4S. The minimum Gasteiger partial charge on any atom is -0.372 e. The van der Waals surface area contributed by atoms with E-state index in [0.29, 0.717) is 5.95 Å². The van der Waals surface area contributed by atoms with Crippen LogP contribution in [-0.2, 0) is 6.42 Å². The van der Waals surface area contributed by atoms with Gasteiger partial charge in [0.1, 0.15) is 10.6 Å². The Morgan fingerprint density at radius 2 is 2.07 bits per heavy atom. The lowest BCUT2D eigenvalue weighted by Gasteiger charge is -2.03. The zero-order valence-electron chi connectivity index (χ0n) is 9.09. The molecule has 0 saturated carbocycles. The van der Waals surface area contributed by atoms with Gasteiger partial charge < -0.3 is 10.6 Å². The van der Waals surface area contributed by atoms with Crippen LogP contribution in [-0.4, -0.2) is 24.1 Å². The normalized spacial score (nSPS) is 10.6. The number of thiophene rings is 1. The van der Waals surface area contributed by atoms with Crippen molar-refractivity contribution in [2.24, 2.45) is 0 Å². The predicted octanol–water partition coefficient (Wildman–Crippen LogP) is 2.34. The number of fused-ring (bicyclic) bond motifs is 1. The van der Waals surface area contributed by atoms with Crippen LogP contribution >= 0.6 is 11.3 Å². The standard InChI is InChI=1S/C10H14N4S/c1-4-6-5-7-8(11-2)13-10(12-3)14-9(7)15-6/h5H,4H2,1-3H3,(H2,11,12,13,14). The van der Waals surface area contributed by atoms with Crippen molar-refractivity contribution in [1.82, 2.24) is 9.97 Å². The Balaban J connectivity index is 2.66. The van der Waals surface area contributed by atoms with E-state index in [1.165, 1.54) is 4.88 Å². The SMILES string of the molecule is CCc1cc2c(NC)nc(NC)nc2s1. The van der Waals surface area contributed by atoms with E-state index in [1.807, 2.05) is 14.1 Å². The van der Waals surface area contributed by atoms with Crippen LogP contribution in [0.15, 0.2) is 6.07 Å². The smallest absolute Gasteiger partial charge is 0.225 e. The maximum atomic E-state index is 4.43. The van der Waals surface area contributed by atoms with Crippen molar-refractivity contribution in [1.29, 1.82) is 0 Å². The molecule has 2 N–H and O–H groups in total. The molecule has 0 amide bonds. The maximum absolute atomic E-state index is 4.43. The molecule has 0 aliphatic heterocycles. The van der Waals surface area contributed by atoms with E-state index >= 15 is 0 Å². The molecule has 2 rings (SSSR count). The van der Waals surface area contributed by atoms with Gasteiger partial charge in [0.2, 0.25) is 5.95 Å². The van der Waals surface area contributed by atoms with Crippen LogP contribution in [0.3, 0.4) is 0 Å². The molecule has 0 unspecified atom stereocenters. The van der Waals surface area contributed by atoms with Crippen molar-refractivity contribution in [2.75, 3.05) is 24.7 Å². The molecule has 0 aliphatic carbocycles. The molecule has 80 valence electrons. The van der Waals surface area contributed by atoms with E-state index in [2.05, 4.69) is 33.6 Å². The molecule has 0 saturated heterocycles. The first-order chi connectivity index (χ1) is 7.28. The second kappa shape index (κ2) is 4.02. The number of anilines is 2. The summed E-state index contributed by atoms with van der Waals surface area (Å²) in [6.45, 7) is 2.15. The van der Waals surface area contributed by atoms with E-state index in [-0.39, 0.29) is 0 Å². The van der Waals surface area contributed by atoms with Crippen LogP contribution in [0.5, 0.6) is 0 Å². The number of rotatable bonds is 3. The quantitative estimate of drug-likeness (QED) is 0.837. The lowest BCUT2D eigenvalue weighted by molar-refractivity contribution is 1.18. The lowest BCUT2D eigenvalue weighted by atomic mass is 10.3. The van der Waals surface area contributed by atoms with Crippen molar-refractivity contribution >= 4 is 33.3 Å². The Morgan fingerprint density at radius 1 is 1.27 bits per heavy atom. The van der Waals surface area contributed by atoms with Gasteiger partial charge in [-0.3, -0.25) is 0 Å². The fourth-order valence-electron chi connectivity index (χ4n) is 1.45. The lowest BCUT2D eigenvalue weighted by Crippen LogP contribution is -2.00. The molecule has 0 radical (unpaired) electrons. The van der Waals surface area contributed by atoms with E-state index in [1.54, 1.807) is 11.3 Å². The molecule has 0 bridgehead atoms. The molecule has 0 fully saturated rings. The fourth-order valence-corrected chi connectivity index (χ4v) is 2.42. The van der Waals surface area contributed by atoms with E-state index < -0.39 is 0 Å². The number of hydrogen-bond acceptors (Lipinski definition) is 5. The second-order valence-electron chi connectivity index (χ2n) is 3.18. The van der Waals surface area contributed by atoms with E-state index in [0.717, 1.165) is 22.5 Å². The number of nitrogens with zero attached hydrogens (tertiary/aromatic N) is 2. The summed E-state index contributed by atoms with van der Waals surface area (Å²) in [6.07, 6.45) is 1.04. The molecule has 4 nitrogen and oxygen atoms in total. The van der Waals surface area contributed by atoms with Crippen LogP contribution in [0.4, 0.5) is 11.8 Å². The van der Waals surface area contributed by atoms with Crippen molar-refractivity contribution < 1.29 is 0 Å². The van der Waals surface area contributed by atoms with Crippen molar-refractivity contribution in [3.63, 3.8) is 0 Å². The van der Waals surface area contributed by atoms with Gasteiger partial charge >= 0.3 is 0 Å². The Labute approximate surface area is 92.8 Å². The van der Waals surface area contributed by atoms with Crippen molar-refractivity contribution in [3.05, 3.63) is 10.9 Å². The molecular weight excluding hydrogens is 208 g/mol. The minimum absolute atomic E-state index is 0.663. The Hall–Kier alpha value is -1.36. The topological polar surface area (TPSA) is 49.8 Å². The van der Waals surface area contributed by atoms with Crippen LogP contribution in [0.2, 0.25) is 0 Å². The highest BCUT2D eigenvalue weighted by molar-refractivity contribution is 7.18. The van der Waals surface area contributed by atoms with Gasteiger partial charge in [0.25, 0.3) is 0 Å². The highest BCUT2D eigenvalue weighted by atomic mass is 32.1. The van der Waals surface area contributed by atoms with Crippen LogP contribution in [0, 0.1) is 0 Å². The van der Waals surface area contributed by atoms with Gasteiger partial charge in [-0.25, -0.2) is 4.98 Å². The average Bonchev–Trinajstić information content (AvgIpc) is 2.70. The zero-order chi connectivity index (χ0) is 10.8. The summed E-state index contributed by atoms with van der Waals surface area (Å²) in [5, 5.41) is 7.17. The largest absolute Gasteiger partial charge is 0.372 e. The van der Waals surface area contributed by atoms with Gasteiger partial charge in [0.15, 0.2) is 0 Å². The highest BCUT2D eigenvalue weighted by Crippen LogP contribution is 2.29. The molecule has 0 spiro atoms. The first-order valence-corrected chi connectivity index (χ1v) is 5.76. The van der Waals surface area contributed by atoms with Gasteiger partial charge in [-0.2, -0.15) is 4.98 Å². The molecule has 2 aromatic heterocycles. The van der Waals surface area contributed by atoms with Crippen LogP contribution < -0.4 is 10.6 Å². The summed E-state index contributed by atoms with van der Waals surface area (Å²) in [6, 6.07) is 2.16. The first kappa shape index (κ1) is 10.2. The van der Waals surface area contributed by atoms with Crippen LogP contribution in [0.1, 0.15) is 11.8 Å². The summed E-state index contributed by atoms with van der Waals surface area (Å²) < 4.78 is 0. The number of aromatic nitrogens is 2. The van der Waals surface area contributed by atoms with Crippen LogP contribution in [0.25, 0.3) is 10.2 Å². The Morgan fingerprint density at radius 3 is 2.67 bits per heavy atom.